The summed E-state index contributed by atoms with van der Waals surface area (Å²) in [5.74, 6) is -1.03. The van der Waals surface area contributed by atoms with Gasteiger partial charge in [-0.05, 0) is 41.5 Å². The van der Waals surface area contributed by atoms with Crippen molar-refractivity contribution in [2.75, 3.05) is 0 Å². The lowest BCUT2D eigenvalue weighted by Gasteiger charge is -2.30. The van der Waals surface area contributed by atoms with Gasteiger partial charge in [0.1, 0.15) is 5.78 Å². The van der Waals surface area contributed by atoms with E-state index in [1.807, 2.05) is 0 Å². The Morgan fingerprint density at radius 2 is 1.33 bits per heavy atom. The Kier molecular flexibility index (Phi) is 5.83. The molecule has 0 unspecified atom stereocenters. The molecule has 0 radical (unpaired) electrons. The molecule has 5 nitrogen and oxygen atoms in total. The minimum Gasteiger partial charge on any atom is -0.300 e. The second-order valence-corrected chi connectivity index (χ2v) is 5.42. The monoisotopic (exact) mass is 258 g/mol. The lowest BCUT2D eigenvalue weighted by atomic mass is 9.89. The van der Waals surface area contributed by atoms with Crippen molar-refractivity contribution in [3.05, 3.63) is 0 Å². The first-order valence-electron chi connectivity index (χ1n) is 5.89. The summed E-state index contributed by atoms with van der Waals surface area (Å²) >= 11 is 0. The zero-order valence-corrected chi connectivity index (χ0v) is 12.0. The van der Waals surface area contributed by atoms with E-state index < -0.39 is 22.8 Å². The van der Waals surface area contributed by atoms with Gasteiger partial charge in [-0.15, -0.1) is 0 Å². The van der Waals surface area contributed by atoms with Gasteiger partial charge in [-0.2, -0.15) is 0 Å². The first kappa shape index (κ1) is 16.9. The molecule has 104 valence electrons. The fourth-order valence-electron chi connectivity index (χ4n) is 1.31. The predicted molar refractivity (Wildman–Crippen MR) is 65.9 cm³/mol. The second-order valence-electron chi connectivity index (χ2n) is 5.42. The smallest absolute Gasteiger partial charge is 0.218 e. The molecule has 0 aromatic carbocycles. The number of hydrogen-bond donors (Lipinski definition) is 0. The molecule has 0 amide bonds. The summed E-state index contributed by atoms with van der Waals surface area (Å²) in [6.07, 6.45) is 0.0930. The fourth-order valence-corrected chi connectivity index (χ4v) is 1.31. The van der Waals surface area contributed by atoms with E-state index >= 15 is 0 Å². The van der Waals surface area contributed by atoms with Crippen molar-refractivity contribution in [1.29, 1.82) is 0 Å². The van der Waals surface area contributed by atoms with Crippen LogP contribution in [-0.2, 0) is 24.2 Å². The van der Waals surface area contributed by atoms with E-state index in [0.29, 0.717) is 0 Å². The molecule has 0 N–H and O–H groups in total. The maximum Gasteiger partial charge on any atom is 0.218 e. The minimum absolute atomic E-state index is 0.00306. The molecule has 0 bridgehead atoms. The molecular weight excluding hydrogens is 236 g/mol. The SMILES string of the molecule is CC(=O)CCC(OOC(C)(C)C)(C(C)=O)C(C)=O. The summed E-state index contributed by atoms with van der Waals surface area (Å²) < 4.78 is 0. The number of carbonyl (C=O) groups is 3. The van der Waals surface area contributed by atoms with Gasteiger partial charge in [0.05, 0.1) is 5.60 Å². The highest BCUT2D eigenvalue weighted by Crippen LogP contribution is 2.24. The third-order valence-electron chi connectivity index (χ3n) is 2.40. The number of ketones is 3. The fraction of sp³-hybridized carbons (Fsp3) is 0.769. The molecule has 5 heteroatoms. The molecule has 0 aromatic rings. The third-order valence-corrected chi connectivity index (χ3v) is 2.40. The molecule has 0 aliphatic heterocycles. The van der Waals surface area contributed by atoms with Gasteiger partial charge in [0.25, 0.3) is 0 Å². The summed E-state index contributed by atoms with van der Waals surface area (Å²) in [7, 11) is 0. The van der Waals surface area contributed by atoms with Crippen LogP contribution in [0.15, 0.2) is 0 Å². The molecule has 18 heavy (non-hydrogen) atoms. The Balaban J connectivity index is 5.05. The molecule has 0 heterocycles. The number of Topliss-reactive ketones (excluding diaryl/α,β-unsaturated/α-hetero) is 3. The standard InChI is InChI=1S/C13H22O5/c1-9(14)7-8-13(10(2)15,11(3)16)18-17-12(4,5)6/h7-8H2,1-6H3. The molecule has 0 saturated heterocycles. The largest absolute Gasteiger partial charge is 0.300 e. The van der Waals surface area contributed by atoms with E-state index in [1.165, 1.54) is 20.8 Å². The highest BCUT2D eigenvalue weighted by atomic mass is 17.2. The Morgan fingerprint density at radius 3 is 1.61 bits per heavy atom. The summed E-state index contributed by atoms with van der Waals surface area (Å²) in [6, 6.07) is 0. The Labute approximate surface area is 108 Å². The minimum atomic E-state index is -1.68. The van der Waals surface area contributed by atoms with Crippen LogP contribution in [0.3, 0.4) is 0 Å². The topological polar surface area (TPSA) is 69.7 Å². The zero-order valence-electron chi connectivity index (χ0n) is 12.0. The van der Waals surface area contributed by atoms with Crippen LogP contribution in [0.1, 0.15) is 54.4 Å². The van der Waals surface area contributed by atoms with Gasteiger partial charge in [-0.3, -0.25) is 9.59 Å². The van der Waals surface area contributed by atoms with Crippen molar-refractivity contribution in [2.24, 2.45) is 0 Å². The molecule has 0 aliphatic carbocycles. The molecule has 0 atom stereocenters. The van der Waals surface area contributed by atoms with Crippen LogP contribution in [-0.4, -0.2) is 28.6 Å². The zero-order chi connectivity index (χ0) is 14.6. The van der Waals surface area contributed by atoms with Crippen LogP contribution >= 0.6 is 0 Å². The average Bonchev–Trinajstić information content (AvgIpc) is 2.14. The van der Waals surface area contributed by atoms with Gasteiger partial charge < -0.3 is 4.79 Å². The Bertz CT molecular complexity index is 324. The normalized spacial score (nSPS) is 12.3. The molecule has 0 fully saturated rings. The van der Waals surface area contributed by atoms with Crippen molar-refractivity contribution >= 4 is 17.3 Å². The van der Waals surface area contributed by atoms with E-state index in [-0.39, 0.29) is 18.6 Å². The van der Waals surface area contributed by atoms with Crippen LogP contribution in [0.4, 0.5) is 0 Å². The van der Waals surface area contributed by atoms with Gasteiger partial charge in [-0.1, -0.05) is 0 Å². The molecule has 0 saturated carbocycles. The van der Waals surface area contributed by atoms with Crippen LogP contribution in [0, 0.1) is 0 Å². The third kappa shape index (κ3) is 5.06. The lowest BCUT2D eigenvalue weighted by Crippen LogP contribution is -2.48. The maximum absolute atomic E-state index is 11.7. The molecule has 0 aromatic heterocycles. The molecule has 0 aliphatic rings. The van der Waals surface area contributed by atoms with Gasteiger partial charge in [0, 0.05) is 12.8 Å². The summed E-state index contributed by atoms with van der Waals surface area (Å²) in [4.78, 5) is 44.6. The summed E-state index contributed by atoms with van der Waals surface area (Å²) in [5.41, 5.74) is -2.33. The maximum atomic E-state index is 11.7. The molecule has 0 rings (SSSR count). The summed E-state index contributed by atoms with van der Waals surface area (Å²) in [6.45, 7) is 9.13. The van der Waals surface area contributed by atoms with Crippen molar-refractivity contribution in [1.82, 2.24) is 0 Å². The highest BCUT2D eigenvalue weighted by molar-refractivity contribution is 6.08. The van der Waals surface area contributed by atoms with Gasteiger partial charge >= 0.3 is 0 Å². The van der Waals surface area contributed by atoms with Crippen molar-refractivity contribution in [3.63, 3.8) is 0 Å². The van der Waals surface area contributed by atoms with Gasteiger partial charge in [0.2, 0.25) is 5.60 Å². The van der Waals surface area contributed by atoms with Gasteiger partial charge in [-0.25, -0.2) is 9.78 Å². The van der Waals surface area contributed by atoms with Gasteiger partial charge in [0.15, 0.2) is 11.6 Å². The van der Waals surface area contributed by atoms with E-state index in [0.717, 1.165) is 0 Å². The number of carbonyl (C=O) groups excluding carboxylic acids is 3. The molecule has 0 spiro atoms. The molecular formula is C13H22O5. The Hall–Kier alpha value is -1.07. The predicted octanol–water partition coefficient (Wildman–Crippen LogP) is 2.02. The van der Waals surface area contributed by atoms with E-state index in [4.69, 9.17) is 9.78 Å². The van der Waals surface area contributed by atoms with E-state index in [2.05, 4.69) is 0 Å². The van der Waals surface area contributed by atoms with Crippen molar-refractivity contribution < 1.29 is 24.2 Å². The quantitative estimate of drug-likeness (QED) is 0.397. The number of hydrogen-bond acceptors (Lipinski definition) is 5. The summed E-state index contributed by atoms with van der Waals surface area (Å²) in [5, 5.41) is 0. The second kappa shape index (κ2) is 6.20. The first-order chi connectivity index (χ1) is 8.01. The number of rotatable bonds is 7. The van der Waals surface area contributed by atoms with Crippen molar-refractivity contribution in [2.45, 2.75) is 65.6 Å². The van der Waals surface area contributed by atoms with Crippen LogP contribution in [0.5, 0.6) is 0 Å². The van der Waals surface area contributed by atoms with Crippen LogP contribution < -0.4 is 0 Å². The average molecular weight is 258 g/mol. The van der Waals surface area contributed by atoms with Crippen molar-refractivity contribution in [3.8, 4) is 0 Å². The van der Waals surface area contributed by atoms with E-state index in [1.54, 1.807) is 20.8 Å². The van der Waals surface area contributed by atoms with Crippen LogP contribution in [0.2, 0.25) is 0 Å². The first-order valence-corrected chi connectivity index (χ1v) is 5.89. The highest BCUT2D eigenvalue weighted by Gasteiger charge is 2.44. The van der Waals surface area contributed by atoms with E-state index in [9.17, 15) is 14.4 Å². The Morgan fingerprint density at radius 1 is 0.889 bits per heavy atom. The lowest BCUT2D eigenvalue weighted by molar-refractivity contribution is -0.384. The van der Waals surface area contributed by atoms with Crippen LogP contribution in [0.25, 0.3) is 0 Å².